The molecule has 0 N–H and O–H groups in total. The van der Waals surface area contributed by atoms with Crippen molar-refractivity contribution >= 4 is 11.9 Å². The second-order valence-corrected chi connectivity index (χ2v) is 12.6. The Morgan fingerprint density at radius 1 is 0.588 bits per heavy atom. The van der Waals surface area contributed by atoms with Crippen molar-refractivity contribution in [3.63, 3.8) is 0 Å². The highest BCUT2D eigenvalue weighted by Crippen LogP contribution is 2.36. The molecule has 2 fully saturated rings. The molecule has 0 aromatic rings. The number of carbonyl (C=O) groups is 2. The van der Waals surface area contributed by atoms with Crippen molar-refractivity contribution in [2.45, 2.75) is 155 Å². The zero-order valence-corrected chi connectivity index (χ0v) is 23.3. The number of hydrogen-bond donors (Lipinski definition) is 0. The van der Waals surface area contributed by atoms with Crippen LogP contribution < -0.4 is 0 Å². The van der Waals surface area contributed by atoms with Crippen LogP contribution in [0.25, 0.3) is 0 Å². The third-order valence-electron chi connectivity index (χ3n) is 8.80. The Labute approximate surface area is 210 Å². The molecule has 0 amide bonds. The van der Waals surface area contributed by atoms with E-state index in [4.69, 9.17) is 9.47 Å². The molecule has 2 saturated carbocycles. The van der Waals surface area contributed by atoms with Crippen LogP contribution in [0.4, 0.5) is 0 Å². The third kappa shape index (κ3) is 11.1. The van der Waals surface area contributed by atoms with Crippen molar-refractivity contribution < 1.29 is 19.1 Å². The van der Waals surface area contributed by atoms with Gasteiger partial charge in [0.25, 0.3) is 0 Å². The van der Waals surface area contributed by atoms with Crippen molar-refractivity contribution in [2.75, 3.05) is 0 Å². The number of unbranched alkanes of at least 4 members (excludes halogenated alkanes) is 1. The average Bonchev–Trinajstić information content (AvgIpc) is 2.78. The fourth-order valence-corrected chi connectivity index (χ4v) is 5.63. The standard InChI is InChI=1S/C30H54O4/c1-7-29(3,4)33-27(31)21-25-17-13-23(14-18-25)11-9-10-12-24-15-19-26(20-16-24)22-28(32)34-30(5,6)8-2/h23-26H,7-22H2,1-6H3. The van der Waals surface area contributed by atoms with Gasteiger partial charge in [0.15, 0.2) is 0 Å². The molecule has 0 atom stereocenters. The predicted octanol–water partition coefficient (Wildman–Crippen LogP) is 8.40. The predicted molar refractivity (Wildman–Crippen MR) is 140 cm³/mol. The van der Waals surface area contributed by atoms with Gasteiger partial charge in [0.2, 0.25) is 0 Å². The van der Waals surface area contributed by atoms with Gasteiger partial charge in [-0.05, 0) is 89.9 Å². The summed E-state index contributed by atoms with van der Waals surface area (Å²) in [7, 11) is 0. The molecule has 2 rings (SSSR count). The van der Waals surface area contributed by atoms with Gasteiger partial charge in [0.05, 0.1) is 0 Å². The molecule has 0 unspecified atom stereocenters. The summed E-state index contributed by atoms with van der Waals surface area (Å²) in [6.45, 7) is 12.1. The summed E-state index contributed by atoms with van der Waals surface area (Å²) in [6, 6.07) is 0. The van der Waals surface area contributed by atoms with E-state index in [1.54, 1.807) is 0 Å². The van der Waals surface area contributed by atoms with Gasteiger partial charge >= 0.3 is 11.9 Å². The number of ether oxygens (including phenoxy) is 2. The first-order valence-electron chi connectivity index (χ1n) is 14.5. The fourth-order valence-electron chi connectivity index (χ4n) is 5.63. The highest BCUT2D eigenvalue weighted by Gasteiger charge is 2.28. The topological polar surface area (TPSA) is 52.6 Å². The molecule has 0 heterocycles. The summed E-state index contributed by atoms with van der Waals surface area (Å²) in [5.41, 5.74) is -0.656. The summed E-state index contributed by atoms with van der Waals surface area (Å²) in [6.07, 6.45) is 18.2. The Morgan fingerprint density at radius 2 is 0.882 bits per heavy atom. The maximum atomic E-state index is 12.2. The molecule has 0 aromatic heterocycles. The summed E-state index contributed by atoms with van der Waals surface area (Å²) in [4.78, 5) is 24.4. The van der Waals surface area contributed by atoms with Crippen LogP contribution in [0, 0.1) is 23.7 Å². The molecule has 0 aromatic carbocycles. The lowest BCUT2D eigenvalue weighted by atomic mass is 9.77. The minimum Gasteiger partial charge on any atom is -0.460 e. The Kier molecular flexibility index (Phi) is 11.9. The van der Waals surface area contributed by atoms with Crippen LogP contribution in [0.5, 0.6) is 0 Å². The molecule has 4 heteroatoms. The third-order valence-corrected chi connectivity index (χ3v) is 8.80. The second kappa shape index (κ2) is 13.9. The van der Waals surface area contributed by atoms with E-state index < -0.39 is 0 Å². The highest BCUT2D eigenvalue weighted by molar-refractivity contribution is 5.70. The van der Waals surface area contributed by atoms with Gasteiger partial charge in [-0.25, -0.2) is 0 Å². The lowest BCUT2D eigenvalue weighted by Crippen LogP contribution is -2.28. The van der Waals surface area contributed by atoms with E-state index in [2.05, 4.69) is 13.8 Å². The molecule has 2 aliphatic carbocycles. The van der Waals surface area contributed by atoms with Crippen molar-refractivity contribution in [3.05, 3.63) is 0 Å². The first kappa shape index (κ1) is 29.2. The molecule has 0 spiro atoms. The van der Waals surface area contributed by atoms with Gasteiger partial charge in [-0.3, -0.25) is 9.59 Å². The molecule has 0 bridgehead atoms. The Hall–Kier alpha value is -1.06. The van der Waals surface area contributed by atoms with Crippen LogP contribution in [0.1, 0.15) is 144 Å². The number of rotatable bonds is 13. The molecule has 4 nitrogen and oxygen atoms in total. The summed E-state index contributed by atoms with van der Waals surface area (Å²) >= 11 is 0. The monoisotopic (exact) mass is 478 g/mol. The molecular formula is C30H54O4. The van der Waals surface area contributed by atoms with E-state index in [0.717, 1.165) is 24.7 Å². The summed E-state index contributed by atoms with van der Waals surface area (Å²) in [5, 5.41) is 0. The van der Waals surface area contributed by atoms with Gasteiger partial charge < -0.3 is 9.47 Å². The smallest absolute Gasteiger partial charge is 0.306 e. The van der Waals surface area contributed by atoms with Gasteiger partial charge in [0, 0.05) is 12.8 Å². The summed E-state index contributed by atoms with van der Waals surface area (Å²) < 4.78 is 11.3. The zero-order chi connectivity index (χ0) is 25.2. The first-order valence-corrected chi connectivity index (χ1v) is 14.5. The quantitative estimate of drug-likeness (QED) is 0.197. The Morgan fingerprint density at radius 3 is 1.18 bits per heavy atom. The van der Waals surface area contributed by atoms with Gasteiger partial charge in [-0.2, -0.15) is 0 Å². The van der Waals surface area contributed by atoms with Crippen molar-refractivity contribution in [2.24, 2.45) is 23.7 Å². The molecule has 2 aliphatic rings. The first-order chi connectivity index (χ1) is 16.0. The summed E-state index contributed by atoms with van der Waals surface area (Å²) in [5.74, 6) is 2.74. The van der Waals surface area contributed by atoms with E-state index >= 15 is 0 Å². The molecule has 198 valence electrons. The van der Waals surface area contributed by atoms with Crippen molar-refractivity contribution in [3.8, 4) is 0 Å². The van der Waals surface area contributed by atoms with Gasteiger partial charge in [-0.1, -0.05) is 65.2 Å². The van der Waals surface area contributed by atoms with Gasteiger partial charge in [0.1, 0.15) is 11.2 Å². The van der Waals surface area contributed by atoms with Crippen LogP contribution in [0.2, 0.25) is 0 Å². The molecule has 0 saturated heterocycles. The normalized spacial score (nSPS) is 26.2. The Bertz CT molecular complexity index is 553. The second-order valence-electron chi connectivity index (χ2n) is 12.6. The average molecular weight is 479 g/mol. The van der Waals surface area contributed by atoms with E-state index in [-0.39, 0.29) is 23.1 Å². The van der Waals surface area contributed by atoms with E-state index in [9.17, 15) is 9.59 Å². The van der Waals surface area contributed by atoms with E-state index in [0.29, 0.717) is 24.7 Å². The largest absolute Gasteiger partial charge is 0.460 e. The van der Waals surface area contributed by atoms with Crippen LogP contribution in [-0.4, -0.2) is 23.1 Å². The molecule has 34 heavy (non-hydrogen) atoms. The highest BCUT2D eigenvalue weighted by atomic mass is 16.6. The molecular weight excluding hydrogens is 424 g/mol. The maximum absolute atomic E-state index is 12.2. The molecule has 0 radical (unpaired) electrons. The Balaban J connectivity index is 1.52. The van der Waals surface area contributed by atoms with Crippen molar-refractivity contribution in [1.29, 1.82) is 0 Å². The number of hydrogen-bond acceptors (Lipinski definition) is 4. The van der Waals surface area contributed by atoms with E-state index in [1.165, 1.54) is 77.0 Å². The number of carbonyl (C=O) groups excluding carboxylic acids is 2. The zero-order valence-electron chi connectivity index (χ0n) is 23.3. The molecule has 0 aliphatic heterocycles. The van der Waals surface area contributed by atoms with Crippen molar-refractivity contribution in [1.82, 2.24) is 0 Å². The van der Waals surface area contributed by atoms with Crippen LogP contribution in [0.15, 0.2) is 0 Å². The van der Waals surface area contributed by atoms with Gasteiger partial charge in [-0.15, -0.1) is 0 Å². The SMILES string of the molecule is CCC(C)(C)OC(=O)CC1CCC(CCCCC2CCC(CC(=O)OC(C)(C)CC)CC2)CC1. The van der Waals surface area contributed by atoms with Crippen LogP contribution >= 0.6 is 0 Å². The lowest BCUT2D eigenvalue weighted by molar-refractivity contribution is -0.159. The van der Waals surface area contributed by atoms with E-state index in [1.807, 2.05) is 27.7 Å². The van der Waals surface area contributed by atoms with Crippen LogP contribution in [0.3, 0.4) is 0 Å². The maximum Gasteiger partial charge on any atom is 0.306 e. The lowest BCUT2D eigenvalue weighted by Gasteiger charge is -2.30. The minimum atomic E-state index is -0.328. The fraction of sp³-hybridized carbons (Fsp3) is 0.933. The van der Waals surface area contributed by atoms with Crippen LogP contribution in [-0.2, 0) is 19.1 Å². The number of esters is 2. The minimum absolute atomic E-state index is 0.00767.